The second-order valence-corrected chi connectivity index (χ2v) is 4.37. The lowest BCUT2D eigenvalue weighted by atomic mass is 10.2. The molecule has 2 aromatic rings. The molecular weight excluding hydrogens is 278 g/mol. The Morgan fingerprint density at radius 1 is 1.52 bits per heavy atom. The minimum atomic E-state index is -0.641. The molecule has 0 saturated carbocycles. The van der Waals surface area contributed by atoms with E-state index < -0.39 is 10.8 Å². The summed E-state index contributed by atoms with van der Waals surface area (Å²) in [6.45, 7) is 3.66. The van der Waals surface area contributed by atoms with Gasteiger partial charge in [0.05, 0.1) is 16.2 Å². The molecule has 0 atom stereocenters. The van der Waals surface area contributed by atoms with Gasteiger partial charge in [-0.1, -0.05) is 5.16 Å². The van der Waals surface area contributed by atoms with Crippen LogP contribution in [0, 0.1) is 24.0 Å². The van der Waals surface area contributed by atoms with E-state index in [1.807, 2.05) is 0 Å². The number of nitro groups is 1. The smallest absolute Gasteiger partial charge is 0.288 e. The van der Waals surface area contributed by atoms with Crippen LogP contribution in [0.4, 0.5) is 11.5 Å². The predicted octanol–water partition coefficient (Wildman–Crippen LogP) is 1.11. The van der Waals surface area contributed by atoms with Crippen molar-refractivity contribution in [2.75, 3.05) is 5.73 Å². The molecule has 2 aromatic heterocycles. The molecule has 21 heavy (non-hydrogen) atoms. The summed E-state index contributed by atoms with van der Waals surface area (Å²) in [5, 5.41) is 17.1. The molecule has 0 aliphatic rings. The number of carbonyl (C=O) groups is 1. The summed E-state index contributed by atoms with van der Waals surface area (Å²) in [5.74, 6) is -0.0292. The van der Waals surface area contributed by atoms with E-state index in [0.29, 0.717) is 11.5 Å². The number of anilines is 1. The third-order valence-electron chi connectivity index (χ3n) is 2.97. The average molecular weight is 291 g/mol. The Morgan fingerprint density at radius 3 is 2.81 bits per heavy atom. The van der Waals surface area contributed by atoms with Gasteiger partial charge in [-0.25, -0.2) is 4.98 Å². The van der Waals surface area contributed by atoms with Crippen molar-refractivity contribution >= 4 is 17.4 Å². The molecule has 0 aliphatic carbocycles. The standard InChI is InChI=1S/C12H13N5O4/c1-6-10(7(2)21-16-6)5-15-12(18)9-3-8(17(19)20)4-14-11(9)13/h3-4H,5H2,1-2H3,(H2,13,14)(H,15,18). The molecule has 9 heteroatoms. The van der Waals surface area contributed by atoms with Gasteiger partial charge in [0.1, 0.15) is 17.8 Å². The maximum atomic E-state index is 12.1. The SMILES string of the molecule is Cc1noc(C)c1CNC(=O)c1cc([N+](=O)[O-])cnc1N. The topological polar surface area (TPSA) is 137 Å². The zero-order chi connectivity index (χ0) is 15.6. The summed E-state index contributed by atoms with van der Waals surface area (Å²) in [7, 11) is 0. The van der Waals surface area contributed by atoms with E-state index in [9.17, 15) is 14.9 Å². The minimum absolute atomic E-state index is 0.0454. The first-order valence-corrected chi connectivity index (χ1v) is 6.00. The highest BCUT2D eigenvalue weighted by molar-refractivity contribution is 5.98. The van der Waals surface area contributed by atoms with Crippen LogP contribution in [0.3, 0.4) is 0 Å². The molecule has 1 amide bonds. The third-order valence-corrected chi connectivity index (χ3v) is 2.97. The number of aromatic nitrogens is 2. The number of nitrogens with zero attached hydrogens (tertiary/aromatic N) is 3. The van der Waals surface area contributed by atoms with Gasteiger partial charge in [0.25, 0.3) is 11.6 Å². The Hall–Kier alpha value is -2.97. The number of hydrogen-bond donors (Lipinski definition) is 2. The minimum Gasteiger partial charge on any atom is -0.383 e. The van der Waals surface area contributed by atoms with Gasteiger partial charge in [0.15, 0.2) is 0 Å². The fourth-order valence-corrected chi connectivity index (χ4v) is 1.76. The van der Waals surface area contributed by atoms with Crippen LogP contribution >= 0.6 is 0 Å². The maximum absolute atomic E-state index is 12.1. The Balaban J connectivity index is 2.17. The van der Waals surface area contributed by atoms with E-state index in [-0.39, 0.29) is 23.6 Å². The predicted molar refractivity (Wildman–Crippen MR) is 72.5 cm³/mol. The third kappa shape index (κ3) is 2.96. The van der Waals surface area contributed by atoms with Gasteiger partial charge >= 0.3 is 0 Å². The monoisotopic (exact) mass is 291 g/mol. The Labute approximate surface area is 119 Å². The number of nitrogen functional groups attached to an aromatic ring is 1. The fourth-order valence-electron chi connectivity index (χ4n) is 1.76. The van der Waals surface area contributed by atoms with Crippen LogP contribution in [-0.2, 0) is 6.54 Å². The maximum Gasteiger partial charge on any atom is 0.288 e. The Kier molecular flexibility index (Phi) is 3.83. The highest BCUT2D eigenvalue weighted by Crippen LogP contribution is 2.17. The van der Waals surface area contributed by atoms with Gasteiger partial charge in [0, 0.05) is 18.2 Å². The van der Waals surface area contributed by atoms with Crippen molar-refractivity contribution in [3.63, 3.8) is 0 Å². The lowest BCUT2D eigenvalue weighted by Crippen LogP contribution is -2.24. The average Bonchev–Trinajstić information content (AvgIpc) is 2.75. The number of nitrogens with two attached hydrogens (primary N) is 1. The van der Waals surface area contributed by atoms with E-state index in [2.05, 4.69) is 15.5 Å². The van der Waals surface area contributed by atoms with Crippen LogP contribution in [-0.4, -0.2) is 21.0 Å². The molecule has 110 valence electrons. The van der Waals surface area contributed by atoms with Gasteiger partial charge in [0.2, 0.25) is 0 Å². The van der Waals surface area contributed by atoms with E-state index in [1.165, 1.54) is 0 Å². The number of pyridine rings is 1. The largest absolute Gasteiger partial charge is 0.383 e. The van der Waals surface area contributed by atoms with Gasteiger partial charge < -0.3 is 15.6 Å². The van der Waals surface area contributed by atoms with E-state index in [4.69, 9.17) is 10.3 Å². The van der Waals surface area contributed by atoms with Gasteiger partial charge in [-0.3, -0.25) is 14.9 Å². The van der Waals surface area contributed by atoms with E-state index in [0.717, 1.165) is 17.8 Å². The fraction of sp³-hybridized carbons (Fsp3) is 0.250. The molecule has 0 bridgehead atoms. The normalized spacial score (nSPS) is 10.4. The molecule has 2 rings (SSSR count). The molecule has 0 spiro atoms. The van der Waals surface area contributed by atoms with Crippen LogP contribution < -0.4 is 11.1 Å². The molecule has 0 saturated heterocycles. The summed E-state index contributed by atoms with van der Waals surface area (Å²) in [5.41, 5.74) is 6.64. The molecular formula is C12H13N5O4. The number of amides is 1. The molecule has 9 nitrogen and oxygen atoms in total. The summed E-state index contributed by atoms with van der Waals surface area (Å²) >= 11 is 0. The van der Waals surface area contributed by atoms with Crippen molar-refractivity contribution in [3.05, 3.63) is 45.0 Å². The molecule has 0 fully saturated rings. The Bertz CT molecular complexity index is 690. The Morgan fingerprint density at radius 2 is 2.24 bits per heavy atom. The lowest BCUT2D eigenvalue weighted by molar-refractivity contribution is -0.385. The van der Waals surface area contributed by atoms with Crippen molar-refractivity contribution in [2.45, 2.75) is 20.4 Å². The van der Waals surface area contributed by atoms with Gasteiger partial charge in [-0.2, -0.15) is 0 Å². The first-order valence-electron chi connectivity index (χ1n) is 6.00. The van der Waals surface area contributed by atoms with Crippen molar-refractivity contribution in [3.8, 4) is 0 Å². The van der Waals surface area contributed by atoms with Gasteiger partial charge in [-0.15, -0.1) is 0 Å². The number of aryl methyl sites for hydroxylation is 2. The van der Waals surface area contributed by atoms with Crippen LogP contribution in [0.25, 0.3) is 0 Å². The number of hydrogen-bond acceptors (Lipinski definition) is 7. The molecule has 0 aromatic carbocycles. The highest BCUT2D eigenvalue weighted by atomic mass is 16.6. The van der Waals surface area contributed by atoms with Crippen molar-refractivity contribution < 1.29 is 14.2 Å². The summed E-state index contributed by atoms with van der Waals surface area (Å²) < 4.78 is 4.98. The first-order chi connectivity index (χ1) is 9.90. The second kappa shape index (κ2) is 5.57. The van der Waals surface area contributed by atoms with Crippen LogP contribution in [0.15, 0.2) is 16.8 Å². The number of rotatable bonds is 4. The summed E-state index contributed by atoms with van der Waals surface area (Å²) in [6, 6.07) is 1.09. The molecule has 0 radical (unpaired) electrons. The molecule has 2 heterocycles. The zero-order valence-corrected chi connectivity index (χ0v) is 11.4. The summed E-state index contributed by atoms with van der Waals surface area (Å²) in [6.07, 6.45) is 1.00. The van der Waals surface area contributed by atoms with Crippen molar-refractivity contribution in [2.24, 2.45) is 0 Å². The molecule has 0 aliphatic heterocycles. The van der Waals surface area contributed by atoms with Crippen molar-refractivity contribution in [1.82, 2.24) is 15.5 Å². The quantitative estimate of drug-likeness (QED) is 0.635. The van der Waals surface area contributed by atoms with Crippen LogP contribution in [0.2, 0.25) is 0 Å². The summed E-state index contributed by atoms with van der Waals surface area (Å²) in [4.78, 5) is 25.8. The zero-order valence-electron chi connectivity index (χ0n) is 11.4. The van der Waals surface area contributed by atoms with E-state index >= 15 is 0 Å². The van der Waals surface area contributed by atoms with Crippen LogP contribution in [0.5, 0.6) is 0 Å². The first kappa shape index (κ1) is 14.4. The van der Waals surface area contributed by atoms with E-state index in [1.54, 1.807) is 13.8 Å². The second-order valence-electron chi connectivity index (χ2n) is 4.37. The number of carbonyl (C=O) groups excluding carboxylic acids is 1. The molecule has 3 N–H and O–H groups in total. The van der Waals surface area contributed by atoms with Crippen molar-refractivity contribution in [1.29, 1.82) is 0 Å². The number of nitrogens with one attached hydrogen (secondary N) is 1. The van der Waals surface area contributed by atoms with Crippen LogP contribution in [0.1, 0.15) is 27.4 Å². The lowest BCUT2D eigenvalue weighted by Gasteiger charge is -2.06. The molecule has 0 unspecified atom stereocenters. The highest BCUT2D eigenvalue weighted by Gasteiger charge is 2.17. The van der Waals surface area contributed by atoms with Gasteiger partial charge in [-0.05, 0) is 13.8 Å².